The third-order valence-electron chi connectivity index (χ3n) is 3.24. The molecular formula is C18H23NaO. The molecule has 0 saturated heterocycles. The zero-order valence-electron chi connectivity index (χ0n) is 11.6. The van der Waals surface area contributed by atoms with Crippen LogP contribution in [0.1, 0.15) is 38.2 Å². The van der Waals surface area contributed by atoms with Gasteiger partial charge in [-0.05, 0) is 36.6 Å². The maximum atomic E-state index is 5.97. The number of rotatable bonds is 7. The van der Waals surface area contributed by atoms with Crippen molar-refractivity contribution in [1.82, 2.24) is 0 Å². The van der Waals surface area contributed by atoms with E-state index in [1.807, 2.05) is 36.4 Å². The van der Waals surface area contributed by atoms with E-state index in [1.54, 1.807) is 0 Å². The first-order valence-electron chi connectivity index (χ1n) is 7.21. The molecule has 0 amide bonds. The monoisotopic (exact) mass is 278 g/mol. The number of hydrogen-bond donors (Lipinski definition) is 0. The summed E-state index contributed by atoms with van der Waals surface area (Å²) in [6.45, 7) is 2.24. The van der Waals surface area contributed by atoms with Gasteiger partial charge in [-0.15, -0.1) is 0 Å². The average Bonchev–Trinajstić information content (AvgIpc) is 2.46. The van der Waals surface area contributed by atoms with Crippen LogP contribution in [-0.2, 0) is 6.42 Å². The predicted molar refractivity (Wildman–Crippen MR) is 88.0 cm³/mol. The first kappa shape index (κ1) is 17.3. The number of hydrogen-bond acceptors (Lipinski definition) is 1. The molecule has 0 fully saturated rings. The molecule has 0 spiro atoms. The van der Waals surface area contributed by atoms with Crippen molar-refractivity contribution in [3.05, 3.63) is 60.2 Å². The normalized spacial score (nSPS) is 9.85. The first-order chi connectivity index (χ1) is 9.40. The summed E-state index contributed by atoms with van der Waals surface area (Å²) in [5.74, 6) is 1.90. The quantitative estimate of drug-likeness (QED) is 0.514. The molecule has 0 bridgehead atoms. The van der Waals surface area contributed by atoms with Gasteiger partial charge in [-0.3, -0.25) is 0 Å². The van der Waals surface area contributed by atoms with Crippen molar-refractivity contribution in [2.75, 3.05) is 0 Å². The summed E-state index contributed by atoms with van der Waals surface area (Å²) in [5, 5.41) is 0. The molecule has 0 heterocycles. The maximum absolute atomic E-state index is 5.97. The SMILES string of the molecule is CCCCCCc1ccccc1Oc1ccccc1.[NaH]. The molecule has 0 radical (unpaired) electrons. The number of para-hydroxylation sites is 2. The number of benzene rings is 2. The molecular weight excluding hydrogens is 255 g/mol. The van der Waals surface area contributed by atoms with Crippen molar-refractivity contribution in [2.45, 2.75) is 39.0 Å². The molecule has 1 nitrogen and oxygen atoms in total. The molecule has 0 unspecified atom stereocenters. The molecule has 0 aliphatic heterocycles. The summed E-state index contributed by atoms with van der Waals surface area (Å²) in [6.07, 6.45) is 6.24. The Hall–Kier alpha value is -0.760. The van der Waals surface area contributed by atoms with Crippen LogP contribution < -0.4 is 4.74 Å². The van der Waals surface area contributed by atoms with Crippen molar-refractivity contribution in [2.24, 2.45) is 0 Å². The third-order valence-corrected chi connectivity index (χ3v) is 3.24. The zero-order chi connectivity index (χ0) is 13.3. The van der Waals surface area contributed by atoms with Gasteiger partial charge in [-0.2, -0.15) is 0 Å². The summed E-state index contributed by atoms with van der Waals surface area (Å²) in [7, 11) is 0. The van der Waals surface area contributed by atoms with Crippen molar-refractivity contribution < 1.29 is 4.74 Å². The molecule has 2 rings (SSSR count). The Bertz CT molecular complexity index is 482. The second-order valence-corrected chi connectivity index (χ2v) is 4.83. The van der Waals surface area contributed by atoms with Crippen LogP contribution in [0.5, 0.6) is 11.5 Å². The van der Waals surface area contributed by atoms with E-state index in [-0.39, 0.29) is 29.6 Å². The molecule has 0 N–H and O–H groups in total. The van der Waals surface area contributed by atoms with E-state index in [0.29, 0.717) is 0 Å². The zero-order valence-corrected chi connectivity index (χ0v) is 11.6. The van der Waals surface area contributed by atoms with Crippen LogP contribution in [0.15, 0.2) is 54.6 Å². The average molecular weight is 278 g/mol. The van der Waals surface area contributed by atoms with Gasteiger partial charge in [-0.1, -0.05) is 62.6 Å². The topological polar surface area (TPSA) is 9.23 Å². The van der Waals surface area contributed by atoms with Gasteiger partial charge in [0.15, 0.2) is 0 Å². The Kier molecular flexibility index (Phi) is 8.68. The van der Waals surface area contributed by atoms with Gasteiger partial charge >= 0.3 is 29.6 Å². The summed E-state index contributed by atoms with van der Waals surface area (Å²) < 4.78 is 5.97. The number of aryl methyl sites for hydroxylation is 1. The Balaban J connectivity index is 0.00000200. The Morgan fingerprint density at radius 3 is 2.25 bits per heavy atom. The second-order valence-electron chi connectivity index (χ2n) is 4.83. The molecule has 0 aromatic heterocycles. The van der Waals surface area contributed by atoms with Gasteiger partial charge < -0.3 is 4.74 Å². The van der Waals surface area contributed by atoms with Gasteiger partial charge in [0.05, 0.1) is 0 Å². The van der Waals surface area contributed by atoms with E-state index in [0.717, 1.165) is 17.9 Å². The fourth-order valence-corrected chi connectivity index (χ4v) is 2.17. The van der Waals surface area contributed by atoms with E-state index in [1.165, 1.54) is 31.2 Å². The van der Waals surface area contributed by atoms with E-state index >= 15 is 0 Å². The summed E-state index contributed by atoms with van der Waals surface area (Å²) in [4.78, 5) is 0. The van der Waals surface area contributed by atoms with E-state index < -0.39 is 0 Å². The van der Waals surface area contributed by atoms with Crippen LogP contribution in [0, 0.1) is 0 Å². The first-order valence-corrected chi connectivity index (χ1v) is 7.21. The van der Waals surface area contributed by atoms with E-state index in [2.05, 4.69) is 25.1 Å². The molecule has 102 valence electrons. The van der Waals surface area contributed by atoms with Gasteiger partial charge in [-0.25, -0.2) is 0 Å². The molecule has 20 heavy (non-hydrogen) atoms. The fourth-order valence-electron chi connectivity index (χ4n) is 2.17. The summed E-state index contributed by atoms with van der Waals surface area (Å²) in [5.41, 5.74) is 1.31. The van der Waals surface area contributed by atoms with Gasteiger partial charge in [0, 0.05) is 0 Å². The fraction of sp³-hybridized carbons (Fsp3) is 0.333. The van der Waals surface area contributed by atoms with E-state index in [9.17, 15) is 0 Å². The van der Waals surface area contributed by atoms with Crippen molar-refractivity contribution in [3.63, 3.8) is 0 Å². The molecule has 2 aromatic rings. The minimum absolute atomic E-state index is 0. The van der Waals surface area contributed by atoms with Crippen LogP contribution in [0.25, 0.3) is 0 Å². The number of unbranched alkanes of at least 4 members (excludes halogenated alkanes) is 3. The molecule has 0 atom stereocenters. The second kappa shape index (κ2) is 10.0. The van der Waals surface area contributed by atoms with Crippen molar-refractivity contribution in [1.29, 1.82) is 0 Å². The standard InChI is InChI=1S/C18H22O.Na.H/c1-2-3-4-6-11-16-12-9-10-15-18(16)19-17-13-7-5-8-14-17;;/h5,7-10,12-15H,2-4,6,11H2,1H3;;. The van der Waals surface area contributed by atoms with E-state index in [4.69, 9.17) is 4.74 Å². The molecule has 2 heteroatoms. The van der Waals surface area contributed by atoms with Crippen molar-refractivity contribution in [3.8, 4) is 11.5 Å². The van der Waals surface area contributed by atoms with Crippen LogP contribution in [0.2, 0.25) is 0 Å². The Morgan fingerprint density at radius 2 is 1.50 bits per heavy atom. The third kappa shape index (κ3) is 5.70. The molecule has 0 saturated carbocycles. The molecule has 2 aromatic carbocycles. The molecule has 0 aliphatic rings. The predicted octanol–water partition coefficient (Wildman–Crippen LogP) is 4.95. The van der Waals surface area contributed by atoms with Crippen molar-refractivity contribution >= 4 is 29.6 Å². The molecule has 0 aliphatic carbocycles. The number of ether oxygens (including phenoxy) is 1. The van der Waals surface area contributed by atoms with Crippen LogP contribution in [-0.4, -0.2) is 29.6 Å². The van der Waals surface area contributed by atoms with Crippen LogP contribution in [0.4, 0.5) is 0 Å². The van der Waals surface area contributed by atoms with Gasteiger partial charge in [0.25, 0.3) is 0 Å². The summed E-state index contributed by atoms with van der Waals surface area (Å²) in [6, 6.07) is 18.3. The Labute approximate surface area is 144 Å². The van der Waals surface area contributed by atoms with Crippen LogP contribution >= 0.6 is 0 Å². The van der Waals surface area contributed by atoms with Gasteiger partial charge in [0.2, 0.25) is 0 Å². The van der Waals surface area contributed by atoms with Crippen LogP contribution in [0.3, 0.4) is 0 Å². The van der Waals surface area contributed by atoms with Gasteiger partial charge in [0.1, 0.15) is 11.5 Å². The minimum atomic E-state index is 0. The Morgan fingerprint density at radius 1 is 0.800 bits per heavy atom. The summed E-state index contributed by atoms with van der Waals surface area (Å²) >= 11 is 0.